The highest BCUT2D eigenvalue weighted by atomic mass is 32.2. The normalized spacial score (nSPS) is 14.3. The lowest BCUT2D eigenvalue weighted by molar-refractivity contribution is -0.384. The van der Waals surface area contributed by atoms with E-state index in [1.807, 2.05) is 24.3 Å². The van der Waals surface area contributed by atoms with Crippen LogP contribution in [0.4, 0.5) is 11.4 Å². The molecule has 0 saturated heterocycles. The SMILES string of the molecule is CCCCSc1nnc2c(n1)O[C@@H](c1ccc(-c3cccc([N+](=O)[O-])c3)o1)Nc1ccccc1-2. The van der Waals surface area contributed by atoms with Crippen LogP contribution >= 0.6 is 11.8 Å². The fourth-order valence-corrected chi connectivity index (χ4v) is 4.43. The number of fused-ring (bicyclic) bond motifs is 3. The first kappa shape index (κ1) is 21.9. The number of hydrogen-bond donors (Lipinski definition) is 1. The topological polar surface area (TPSA) is 116 Å². The Labute approximate surface area is 199 Å². The van der Waals surface area contributed by atoms with E-state index in [-0.39, 0.29) is 5.69 Å². The third kappa shape index (κ3) is 4.44. The van der Waals surface area contributed by atoms with Crippen molar-refractivity contribution in [2.45, 2.75) is 31.1 Å². The Morgan fingerprint density at radius 1 is 1.12 bits per heavy atom. The highest BCUT2D eigenvalue weighted by Crippen LogP contribution is 2.40. The van der Waals surface area contributed by atoms with Crippen LogP contribution in [0.15, 0.2) is 70.2 Å². The number of anilines is 1. The molecule has 172 valence electrons. The van der Waals surface area contributed by atoms with Gasteiger partial charge in [0.05, 0.1) is 4.92 Å². The summed E-state index contributed by atoms with van der Waals surface area (Å²) >= 11 is 1.54. The second kappa shape index (κ2) is 9.52. The van der Waals surface area contributed by atoms with Crippen molar-refractivity contribution in [1.29, 1.82) is 0 Å². The zero-order valence-corrected chi connectivity index (χ0v) is 19.1. The lowest BCUT2D eigenvalue weighted by atomic mass is 10.1. The van der Waals surface area contributed by atoms with Crippen LogP contribution in [0.25, 0.3) is 22.6 Å². The molecule has 1 aliphatic rings. The van der Waals surface area contributed by atoms with Gasteiger partial charge in [0.15, 0.2) is 11.5 Å². The number of rotatable bonds is 7. The van der Waals surface area contributed by atoms with Crippen molar-refractivity contribution >= 4 is 23.1 Å². The van der Waals surface area contributed by atoms with Crippen LogP contribution in [0.1, 0.15) is 31.8 Å². The molecule has 2 aromatic carbocycles. The Bertz CT molecular complexity index is 1340. The summed E-state index contributed by atoms with van der Waals surface area (Å²) < 4.78 is 12.3. The molecular weight excluding hydrogens is 454 g/mol. The zero-order chi connectivity index (χ0) is 23.5. The summed E-state index contributed by atoms with van der Waals surface area (Å²) in [7, 11) is 0. The molecule has 5 rings (SSSR count). The standard InChI is InChI=1S/C24H21N5O4S/c1-2-3-13-34-24-26-23-21(27-28-24)17-9-4-5-10-18(17)25-22(33-23)20-12-11-19(32-20)15-7-6-8-16(14-15)29(30)31/h4-12,14,22,25H,2-3,13H2,1H3/t22-/m0/s1. The fourth-order valence-electron chi connectivity index (χ4n) is 3.57. The van der Waals surface area contributed by atoms with Crippen LogP contribution in [0.3, 0.4) is 0 Å². The van der Waals surface area contributed by atoms with E-state index in [4.69, 9.17) is 9.15 Å². The first-order chi connectivity index (χ1) is 16.6. The molecule has 1 atom stereocenters. The molecule has 0 fully saturated rings. The molecule has 0 amide bonds. The summed E-state index contributed by atoms with van der Waals surface area (Å²) in [4.78, 5) is 15.3. The van der Waals surface area contributed by atoms with Gasteiger partial charge in [-0.05, 0) is 24.6 Å². The van der Waals surface area contributed by atoms with Gasteiger partial charge >= 0.3 is 0 Å². The number of unbranched alkanes of at least 4 members (excludes halogenated alkanes) is 1. The predicted molar refractivity (Wildman–Crippen MR) is 129 cm³/mol. The van der Waals surface area contributed by atoms with Crippen LogP contribution in [-0.2, 0) is 0 Å². The lowest BCUT2D eigenvalue weighted by Crippen LogP contribution is -2.16. The van der Waals surface area contributed by atoms with Gasteiger partial charge in [0.1, 0.15) is 5.76 Å². The number of benzene rings is 2. The molecule has 1 aliphatic heterocycles. The van der Waals surface area contributed by atoms with Gasteiger partial charge in [-0.2, -0.15) is 4.98 Å². The molecule has 0 spiro atoms. The summed E-state index contributed by atoms with van der Waals surface area (Å²) in [6.45, 7) is 2.14. The Morgan fingerprint density at radius 2 is 2.00 bits per heavy atom. The molecule has 2 aromatic heterocycles. The van der Waals surface area contributed by atoms with Crippen molar-refractivity contribution in [2.24, 2.45) is 0 Å². The number of thioether (sulfide) groups is 1. The summed E-state index contributed by atoms with van der Waals surface area (Å²) in [6, 6.07) is 17.6. The first-order valence-corrected chi connectivity index (χ1v) is 11.9. The second-order valence-corrected chi connectivity index (χ2v) is 8.71. The number of hydrogen-bond acceptors (Lipinski definition) is 9. The summed E-state index contributed by atoms with van der Waals surface area (Å²) in [5.74, 6) is 2.27. The van der Waals surface area contributed by atoms with Crippen LogP contribution in [0.5, 0.6) is 5.88 Å². The number of ether oxygens (including phenoxy) is 1. The van der Waals surface area contributed by atoms with E-state index in [1.165, 1.54) is 12.1 Å². The summed E-state index contributed by atoms with van der Waals surface area (Å²) in [5, 5.41) is 23.7. The maximum Gasteiger partial charge on any atom is 0.270 e. The van der Waals surface area contributed by atoms with E-state index < -0.39 is 11.2 Å². The number of nitrogens with zero attached hydrogens (tertiary/aromatic N) is 4. The number of nitro benzene ring substituents is 1. The van der Waals surface area contributed by atoms with E-state index in [2.05, 4.69) is 27.4 Å². The molecule has 9 nitrogen and oxygen atoms in total. The van der Waals surface area contributed by atoms with Gasteiger partial charge in [0.25, 0.3) is 5.69 Å². The average Bonchev–Trinajstić information content (AvgIpc) is 3.29. The fraction of sp³-hybridized carbons (Fsp3) is 0.208. The van der Waals surface area contributed by atoms with E-state index in [0.717, 1.165) is 29.8 Å². The zero-order valence-electron chi connectivity index (χ0n) is 18.3. The molecule has 0 aliphatic carbocycles. The van der Waals surface area contributed by atoms with Gasteiger partial charge in [0, 0.05) is 34.7 Å². The third-order valence-corrected chi connectivity index (χ3v) is 6.21. The Kier molecular flexibility index (Phi) is 6.13. The van der Waals surface area contributed by atoms with Crippen molar-refractivity contribution in [3.8, 4) is 28.5 Å². The second-order valence-electron chi connectivity index (χ2n) is 7.65. The number of aromatic nitrogens is 3. The quantitative estimate of drug-likeness (QED) is 0.146. The van der Waals surface area contributed by atoms with Crippen molar-refractivity contribution in [2.75, 3.05) is 11.1 Å². The first-order valence-electron chi connectivity index (χ1n) is 10.9. The molecular formula is C24H21N5O4S. The van der Waals surface area contributed by atoms with Gasteiger partial charge in [-0.25, -0.2) is 0 Å². The Hall–Kier alpha value is -3.92. The highest BCUT2D eigenvalue weighted by molar-refractivity contribution is 7.99. The molecule has 0 bridgehead atoms. The maximum absolute atomic E-state index is 11.1. The van der Waals surface area contributed by atoms with Crippen LogP contribution < -0.4 is 10.1 Å². The number of non-ortho nitro benzene ring substituents is 1. The smallest absolute Gasteiger partial charge is 0.270 e. The average molecular weight is 476 g/mol. The van der Waals surface area contributed by atoms with Crippen molar-refractivity contribution in [3.63, 3.8) is 0 Å². The minimum atomic E-state index is -0.681. The van der Waals surface area contributed by atoms with E-state index in [9.17, 15) is 10.1 Å². The van der Waals surface area contributed by atoms with Gasteiger partial charge in [0.2, 0.25) is 17.3 Å². The monoisotopic (exact) mass is 475 g/mol. The van der Waals surface area contributed by atoms with Gasteiger partial charge < -0.3 is 14.5 Å². The molecule has 0 unspecified atom stereocenters. The van der Waals surface area contributed by atoms with E-state index in [0.29, 0.717) is 33.8 Å². The largest absolute Gasteiger partial charge is 0.455 e. The predicted octanol–water partition coefficient (Wildman–Crippen LogP) is 6.10. The molecule has 10 heteroatoms. The number of para-hydroxylation sites is 1. The third-order valence-electron chi connectivity index (χ3n) is 5.29. The van der Waals surface area contributed by atoms with Gasteiger partial charge in [-0.1, -0.05) is 55.4 Å². The maximum atomic E-state index is 11.1. The highest BCUT2D eigenvalue weighted by Gasteiger charge is 2.28. The number of nitrogens with one attached hydrogen (secondary N) is 1. The van der Waals surface area contributed by atoms with E-state index in [1.54, 1.807) is 36.0 Å². The van der Waals surface area contributed by atoms with Crippen LogP contribution in [0.2, 0.25) is 0 Å². The minimum absolute atomic E-state index is 0.00183. The van der Waals surface area contributed by atoms with Gasteiger partial charge in [-0.3, -0.25) is 10.1 Å². The molecule has 34 heavy (non-hydrogen) atoms. The molecule has 1 N–H and O–H groups in total. The minimum Gasteiger partial charge on any atom is -0.455 e. The van der Waals surface area contributed by atoms with Crippen molar-refractivity contribution in [3.05, 3.63) is 76.5 Å². The van der Waals surface area contributed by atoms with Crippen LogP contribution in [0, 0.1) is 10.1 Å². The van der Waals surface area contributed by atoms with Crippen LogP contribution in [-0.4, -0.2) is 25.9 Å². The van der Waals surface area contributed by atoms with Crippen molar-refractivity contribution in [1.82, 2.24) is 15.2 Å². The molecule has 0 radical (unpaired) electrons. The lowest BCUT2D eigenvalue weighted by Gasteiger charge is -2.16. The van der Waals surface area contributed by atoms with Gasteiger partial charge in [-0.15, -0.1) is 10.2 Å². The van der Waals surface area contributed by atoms with E-state index >= 15 is 0 Å². The number of furan rings is 1. The Balaban J connectivity index is 1.49. The Morgan fingerprint density at radius 3 is 2.85 bits per heavy atom. The molecule has 4 aromatic rings. The summed E-state index contributed by atoms with van der Waals surface area (Å²) in [5.41, 5.74) is 2.79. The summed E-state index contributed by atoms with van der Waals surface area (Å²) in [6.07, 6.45) is 1.47. The molecule has 0 saturated carbocycles. The number of nitro groups is 1. The van der Waals surface area contributed by atoms with Crippen molar-refractivity contribution < 1.29 is 14.1 Å². The molecule has 3 heterocycles.